The minimum atomic E-state index is -0.793. The number of halogens is 1. The maximum atomic E-state index is 10.5. The molecule has 4 heteroatoms. The lowest BCUT2D eigenvalue weighted by molar-refractivity contribution is -0.136. The van der Waals surface area contributed by atoms with Gasteiger partial charge in [0.05, 0.1) is 10.5 Å². The van der Waals surface area contributed by atoms with Crippen LogP contribution in [0.2, 0.25) is 5.02 Å². The zero-order chi connectivity index (χ0) is 12.4. The summed E-state index contributed by atoms with van der Waals surface area (Å²) in [7, 11) is 0. The molecule has 1 N–H and O–H groups in total. The highest BCUT2D eigenvalue weighted by molar-refractivity contribution is 6.35. The van der Waals surface area contributed by atoms with E-state index in [1.807, 2.05) is 31.2 Å². The van der Waals surface area contributed by atoms with Gasteiger partial charge in [-0.05, 0) is 37.1 Å². The Kier molecular flexibility index (Phi) is 3.29. The predicted octanol–water partition coefficient (Wildman–Crippen LogP) is 3.21. The SMILES string of the molecule is Cc1cc(Cl)c2cc(CCC(=O)O)ccc2n1. The second-order valence-corrected chi connectivity index (χ2v) is 4.40. The van der Waals surface area contributed by atoms with Crippen molar-refractivity contribution in [2.45, 2.75) is 19.8 Å². The van der Waals surface area contributed by atoms with Crippen molar-refractivity contribution in [2.24, 2.45) is 0 Å². The van der Waals surface area contributed by atoms with Crippen LogP contribution in [0.4, 0.5) is 0 Å². The molecule has 1 aromatic carbocycles. The zero-order valence-electron chi connectivity index (χ0n) is 9.40. The second kappa shape index (κ2) is 4.72. The minimum Gasteiger partial charge on any atom is -0.481 e. The topological polar surface area (TPSA) is 50.2 Å². The molecule has 17 heavy (non-hydrogen) atoms. The minimum absolute atomic E-state index is 0.127. The Morgan fingerprint density at radius 2 is 2.18 bits per heavy atom. The summed E-state index contributed by atoms with van der Waals surface area (Å²) in [6.07, 6.45) is 0.637. The number of nitrogens with zero attached hydrogens (tertiary/aromatic N) is 1. The van der Waals surface area contributed by atoms with Crippen molar-refractivity contribution >= 4 is 28.5 Å². The molecule has 0 fully saturated rings. The lowest BCUT2D eigenvalue weighted by Gasteiger charge is -2.05. The molecule has 0 amide bonds. The second-order valence-electron chi connectivity index (χ2n) is 3.99. The maximum Gasteiger partial charge on any atom is 0.303 e. The average molecular weight is 250 g/mol. The lowest BCUT2D eigenvalue weighted by Crippen LogP contribution is -1.97. The van der Waals surface area contributed by atoms with E-state index in [9.17, 15) is 4.79 Å². The molecule has 1 aromatic heterocycles. The van der Waals surface area contributed by atoms with Crippen LogP contribution in [-0.2, 0) is 11.2 Å². The van der Waals surface area contributed by atoms with Crippen LogP contribution in [-0.4, -0.2) is 16.1 Å². The van der Waals surface area contributed by atoms with E-state index < -0.39 is 5.97 Å². The van der Waals surface area contributed by atoms with E-state index in [4.69, 9.17) is 16.7 Å². The number of pyridine rings is 1. The summed E-state index contributed by atoms with van der Waals surface area (Å²) >= 11 is 6.14. The van der Waals surface area contributed by atoms with Crippen molar-refractivity contribution in [3.8, 4) is 0 Å². The van der Waals surface area contributed by atoms with Crippen molar-refractivity contribution in [1.82, 2.24) is 4.98 Å². The van der Waals surface area contributed by atoms with Crippen molar-refractivity contribution in [1.29, 1.82) is 0 Å². The van der Waals surface area contributed by atoms with Gasteiger partial charge in [-0.15, -0.1) is 0 Å². The van der Waals surface area contributed by atoms with Crippen LogP contribution in [0.3, 0.4) is 0 Å². The van der Waals surface area contributed by atoms with E-state index in [2.05, 4.69) is 4.98 Å². The van der Waals surface area contributed by atoms with Crippen LogP contribution in [0.5, 0.6) is 0 Å². The molecule has 0 spiro atoms. The number of rotatable bonds is 3. The first-order valence-corrected chi connectivity index (χ1v) is 5.71. The normalized spacial score (nSPS) is 10.7. The fourth-order valence-electron chi connectivity index (χ4n) is 1.76. The van der Waals surface area contributed by atoms with Crippen LogP contribution < -0.4 is 0 Å². The summed E-state index contributed by atoms with van der Waals surface area (Å²) in [5, 5.41) is 10.2. The number of carbonyl (C=O) groups is 1. The highest BCUT2D eigenvalue weighted by atomic mass is 35.5. The summed E-state index contributed by atoms with van der Waals surface area (Å²) in [5.74, 6) is -0.793. The Morgan fingerprint density at radius 3 is 2.88 bits per heavy atom. The molecule has 88 valence electrons. The maximum absolute atomic E-state index is 10.5. The first kappa shape index (κ1) is 11.9. The van der Waals surface area contributed by atoms with Crippen LogP contribution in [0, 0.1) is 6.92 Å². The van der Waals surface area contributed by atoms with Gasteiger partial charge >= 0.3 is 5.97 Å². The highest BCUT2D eigenvalue weighted by Gasteiger charge is 2.05. The summed E-state index contributed by atoms with van der Waals surface area (Å²) in [6.45, 7) is 1.89. The summed E-state index contributed by atoms with van der Waals surface area (Å²) in [6, 6.07) is 7.50. The van der Waals surface area contributed by atoms with Crippen molar-refractivity contribution in [2.75, 3.05) is 0 Å². The number of fused-ring (bicyclic) bond motifs is 1. The molecular formula is C13H12ClNO2. The highest BCUT2D eigenvalue weighted by Crippen LogP contribution is 2.24. The molecule has 0 bridgehead atoms. The molecule has 0 aliphatic heterocycles. The van der Waals surface area contributed by atoms with Gasteiger partial charge in [-0.3, -0.25) is 9.78 Å². The Balaban J connectivity index is 2.40. The largest absolute Gasteiger partial charge is 0.481 e. The summed E-state index contributed by atoms with van der Waals surface area (Å²) < 4.78 is 0. The standard InChI is InChI=1S/C13H12ClNO2/c1-8-6-11(14)10-7-9(3-5-13(16)17)2-4-12(10)15-8/h2,4,6-7H,3,5H2,1H3,(H,16,17). The van der Waals surface area contributed by atoms with E-state index in [-0.39, 0.29) is 6.42 Å². The van der Waals surface area contributed by atoms with Crippen molar-refractivity contribution in [3.63, 3.8) is 0 Å². The Morgan fingerprint density at radius 1 is 1.41 bits per heavy atom. The fraction of sp³-hybridized carbons (Fsp3) is 0.231. The third-order valence-corrected chi connectivity index (χ3v) is 2.89. The molecule has 0 saturated carbocycles. The number of carboxylic acids is 1. The van der Waals surface area contributed by atoms with Gasteiger partial charge in [0.1, 0.15) is 0 Å². The van der Waals surface area contributed by atoms with Gasteiger partial charge in [0.2, 0.25) is 0 Å². The molecule has 2 rings (SSSR count). The smallest absolute Gasteiger partial charge is 0.303 e. The number of hydrogen-bond acceptors (Lipinski definition) is 2. The molecule has 1 heterocycles. The first-order valence-electron chi connectivity index (χ1n) is 5.34. The summed E-state index contributed by atoms with van der Waals surface area (Å²) in [4.78, 5) is 14.9. The average Bonchev–Trinajstić information content (AvgIpc) is 2.26. The zero-order valence-corrected chi connectivity index (χ0v) is 10.2. The molecule has 0 aliphatic rings. The summed E-state index contributed by atoms with van der Waals surface area (Å²) in [5.41, 5.74) is 2.68. The number of benzene rings is 1. The van der Waals surface area contributed by atoms with Crippen LogP contribution in [0.15, 0.2) is 24.3 Å². The molecule has 0 atom stereocenters. The van der Waals surface area contributed by atoms with E-state index in [0.29, 0.717) is 11.4 Å². The number of carboxylic acid groups (broad SMARTS) is 1. The molecule has 0 unspecified atom stereocenters. The van der Waals surface area contributed by atoms with E-state index in [1.54, 1.807) is 0 Å². The van der Waals surface area contributed by atoms with Gasteiger partial charge in [0.25, 0.3) is 0 Å². The number of aromatic nitrogens is 1. The molecule has 0 radical (unpaired) electrons. The molecule has 3 nitrogen and oxygen atoms in total. The monoisotopic (exact) mass is 249 g/mol. The van der Waals surface area contributed by atoms with Crippen LogP contribution in [0.1, 0.15) is 17.7 Å². The molecular weight excluding hydrogens is 238 g/mol. The van der Waals surface area contributed by atoms with Gasteiger partial charge < -0.3 is 5.11 Å². The molecule has 0 saturated heterocycles. The van der Waals surface area contributed by atoms with Crippen molar-refractivity contribution in [3.05, 3.63) is 40.5 Å². The van der Waals surface area contributed by atoms with Gasteiger partial charge in [-0.25, -0.2) is 0 Å². The predicted molar refractivity (Wildman–Crippen MR) is 67.4 cm³/mol. The fourth-order valence-corrected chi connectivity index (χ4v) is 2.07. The van der Waals surface area contributed by atoms with Crippen molar-refractivity contribution < 1.29 is 9.90 Å². The Hall–Kier alpha value is -1.61. The third kappa shape index (κ3) is 2.74. The van der Waals surface area contributed by atoms with Gasteiger partial charge in [0.15, 0.2) is 0 Å². The third-order valence-electron chi connectivity index (χ3n) is 2.58. The van der Waals surface area contributed by atoms with E-state index in [0.717, 1.165) is 22.2 Å². The Labute approximate surface area is 104 Å². The van der Waals surface area contributed by atoms with Gasteiger partial charge in [0, 0.05) is 17.5 Å². The number of hydrogen-bond donors (Lipinski definition) is 1. The number of aryl methyl sites for hydroxylation is 2. The van der Waals surface area contributed by atoms with E-state index in [1.165, 1.54) is 0 Å². The molecule has 0 aliphatic carbocycles. The van der Waals surface area contributed by atoms with Crippen LogP contribution >= 0.6 is 11.6 Å². The lowest BCUT2D eigenvalue weighted by atomic mass is 10.1. The molecule has 2 aromatic rings. The van der Waals surface area contributed by atoms with E-state index >= 15 is 0 Å². The van der Waals surface area contributed by atoms with Gasteiger partial charge in [-0.1, -0.05) is 17.7 Å². The van der Waals surface area contributed by atoms with Crippen LogP contribution in [0.25, 0.3) is 10.9 Å². The Bertz CT molecular complexity index is 581. The quantitative estimate of drug-likeness (QED) is 0.909. The number of aliphatic carboxylic acids is 1. The first-order chi connectivity index (χ1) is 8.06. The van der Waals surface area contributed by atoms with Gasteiger partial charge in [-0.2, -0.15) is 0 Å².